The zero-order valence-corrected chi connectivity index (χ0v) is 17.2. The summed E-state index contributed by atoms with van der Waals surface area (Å²) in [4.78, 5) is 16.2. The van der Waals surface area contributed by atoms with E-state index >= 15 is 0 Å². The molecule has 0 aliphatic rings. The summed E-state index contributed by atoms with van der Waals surface area (Å²) < 4.78 is 26.5. The lowest BCUT2D eigenvalue weighted by molar-refractivity contribution is 0.100. The first kappa shape index (κ1) is 23.7. The van der Waals surface area contributed by atoms with E-state index in [1.807, 2.05) is 13.8 Å². The number of nitrogens with zero attached hydrogens (tertiary/aromatic N) is 1. The third-order valence-electron chi connectivity index (χ3n) is 4.07. The van der Waals surface area contributed by atoms with Crippen molar-refractivity contribution in [2.24, 2.45) is 16.6 Å². The van der Waals surface area contributed by atoms with Gasteiger partial charge in [-0.2, -0.15) is 4.99 Å². The number of amides is 1. The topological polar surface area (TPSA) is 124 Å². The van der Waals surface area contributed by atoms with Crippen LogP contribution in [0, 0.1) is 23.0 Å². The minimum absolute atomic E-state index is 0.0145. The number of carbonyl (C=O) groups is 1. The maximum absolute atomic E-state index is 13.4. The molecule has 0 aliphatic carbocycles. The lowest BCUT2D eigenvalue weighted by Crippen LogP contribution is -2.41. The first-order valence-electron chi connectivity index (χ1n) is 9.54. The number of hydrogen-bond acceptors (Lipinski definition) is 4. The molecular formula is C22H25F2N5O2. The summed E-state index contributed by atoms with van der Waals surface area (Å²) in [6.45, 7) is 4.27. The third kappa shape index (κ3) is 7.31. The van der Waals surface area contributed by atoms with Crippen molar-refractivity contribution in [2.45, 2.75) is 20.5 Å². The molecule has 164 valence electrons. The number of aliphatic hydroxyl groups is 1. The van der Waals surface area contributed by atoms with Gasteiger partial charge in [0.15, 0.2) is 11.6 Å². The molecule has 2 aromatic rings. The molecule has 2 aromatic carbocycles. The number of aliphatic imine (C=N–C) groups is 1. The van der Waals surface area contributed by atoms with E-state index in [1.54, 1.807) is 24.3 Å². The predicted octanol–water partition coefficient (Wildman–Crippen LogP) is 2.66. The van der Waals surface area contributed by atoms with Crippen LogP contribution in [-0.2, 0) is 6.61 Å². The smallest absolute Gasteiger partial charge is 0.280 e. The van der Waals surface area contributed by atoms with Crippen LogP contribution in [0.5, 0.6) is 0 Å². The van der Waals surface area contributed by atoms with Crippen molar-refractivity contribution >= 4 is 17.6 Å². The van der Waals surface area contributed by atoms with Crippen molar-refractivity contribution < 1.29 is 18.7 Å². The molecule has 0 saturated heterocycles. The van der Waals surface area contributed by atoms with Crippen LogP contribution in [-0.4, -0.2) is 29.2 Å². The molecule has 0 unspecified atom stereocenters. The molecule has 1 amide bonds. The Hall–Kier alpha value is -3.59. The fourth-order valence-electron chi connectivity index (χ4n) is 2.41. The highest BCUT2D eigenvalue weighted by atomic mass is 19.2. The maximum atomic E-state index is 13.4. The van der Waals surface area contributed by atoms with Crippen molar-refractivity contribution in [1.29, 1.82) is 5.41 Å². The molecular weight excluding hydrogens is 404 g/mol. The number of halogens is 2. The van der Waals surface area contributed by atoms with E-state index in [0.29, 0.717) is 12.1 Å². The molecule has 0 aromatic heterocycles. The van der Waals surface area contributed by atoms with Crippen LogP contribution in [0.4, 0.5) is 8.78 Å². The second-order valence-electron chi connectivity index (χ2n) is 7.16. The van der Waals surface area contributed by atoms with Gasteiger partial charge in [-0.25, -0.2) is 8.78 Å². The van der Waals surface area contributed by atoms with Crippen LogP contribution >= 0.6 is 0 Å². The van der Waals surface area contributed by atoms with E-state index in [2.05, 4.69) is 15.6 Å². The number of nitrogens with one attached hydrogen (secondary N) is 3. The molecule has 0 bridgehead atoms. The molecule has 0 saturated carbocycles. The van der Waals surface area contributed by atoms with Gasteiger partial charge < -0.3 is 26.9 Å². The highest BCUT2D eigenvalue weighted by molar-refractivity contribution is 6.07. The fraction of sp³-hybridized carbons (Fsp3) is 0.227. The summed E-state index contributed by atoms with van der Waals surface area (Å²) in [5.74, 6) is -2.72. The summed E-state index contributed by atoms with van der Waals surface area (Å²) in [6.07, 6.45) is 1.35. The molecule has 9 heteroatoms. The van der Waals surface area contributed by atoms with E-state index in [0.717, 1.165) is 23.8 Å². The number of guanidine groups is 1. The van der Waals surface area contributed by atoms with Crippen molar-refractivity contribution in [3.63, 3.8) is 0 Å². The third-order valence-corrected chi connectivity index (χ3v) is 4.07. The van der Waals surface area contributed by atoms with Crippen LogP contribution in [0.2, 0.25) is 0 Å². The lowest BCUT2D eigenvalue weighted by atomic mass is 10.1. The highest BCUT2D eigenvalue weighted by Crippen LogP contribution is 2.10. The van der Waals surface area contributed by atoms with Crippen LogP contribution in [0.3, 0.4) is 0 Å². The van der Waals surface area contributed by atoms with Crippen molar-refractivity contribution in [1.82, 2.24) is 10.6 Å². The lowest BCUT2D eigenvalue weighted by Gasteiger charge is -2.14. The molecule has 6 N–H and O–H groups in total. The molecule has 0 radical (unpaired) electrons. The predicted molar refractivity (Wildman–Crippen MR) is 116 cm³/mol. The molecule has 0 aliphatic heterocycles. The minimum Gasteiger partial charge on any atom is -0.392 e. The highest BCUT2D eigenvalue weighted by Gasteiger charge is 2.12. The molecule has 0 heterocycles. The Balaban J connectivity index is 2.20. The maximum Gasteiger partial charge on any atom is 0.280 e. The Morgan fingerprint density at radius 1 is 1.16 bits per heavy atom. The molecule has 0 atom stereocenters. The fourth-order valence-corrected chi connectivity index (χ4v) is 2.41. The average molecular weight is 429 g/mol. The number of nitrogens with two attached hydrogens (primary N) is 1. The zero-order chi connectivity index (χ0) is 23.0. The Kier molecular flexibility index (Phi) is 8.39. The van der Waals surface area contributed by atoms with Gasteiger partial charge in [-0.3, -0.25) is 4.79 Å². The molecule has 31 heavy (non-hydrogen) atoms. The summed E-state index contributed by atoms with van der Waals surface area (Å²) >= 11 is 0. The van der Waals surface area contributed by atoms with Gasteiger partial charge in [0.1, 0.15) is 5.82 Å². The second kappa shape index (κ2) is 11.0. The average Bonchev–Trinajstić information content (AvgIpc) is 2.73. The van der Waals surface area contributed by atoms with Gasteiger partial charge in [-0.1, -0.05) is 38.1 Å². The Labute approximate surface area is 179 Å². The van der Waals surface area contributed by atoms with Crippen LogP contribution in [0.25, 0.3) is 0 Å². The van der Waals surface area contributed by atoms with Gasteiger partial charge in [-0.05, 0) is 35.2 Å². The van der Waals surface area contributed by atoms with E-state index in [4.69, 9.17) is 16.2 Å². The van der Waals surface area contributed by atoms with Crippen molar-refractivity contribution in [3.05, 3.63) is 82.7 Å². The summed E-state index contributed by atoms with van der Waals surface area (Å²) in [6, 6.07) is 9.50. The van der Waals surface area contributed by atoms with E-state index < -0.39 is 17.5 Å². The molecule has 2 rings (SSSR count). The number of allylic oxidation sites excluding steroid dienone is 1. The SMILES string of the molecule is CC(C)CN/C(=N/C(=O)c1ccc(F)c(F)c1)N/C(N)=C/C(=N)c1ccc(CO)cc1. The standard InChI is InChI=1S/C22H25F2N5O2/c1-13(2)11-27-22(29-21(31)16-7-8-17(23)18(24)9-16)28-20(26)10-19(25)15-5-3-14(12-30)4-6-15/h3-10,13,25,30H,11-12,26H2,1-2H3,(H2,27,28,29,31)/b20-10+,25-19?. The monoisotopic (exact) mass is 429 g/mol. The van der Waals surface area contributed by atoms with Gasteiger partial charge in [0.05, 0.1) is 12.3 Å². The number of carbonyl (C=O) groups excluding carboxylic acids is 1. The van der Waals surface area contributed by atoms with Gasteiger partial charge in [0, 0.05) is 18.2 Å². The summed E-state index contributed by atoms with van der Waals surface area (Å²) in [7, 11) is 0. The van der Waals surface area contributed by atoms with Gasteiger partial charge in [0.25, 0.3) is 5.91 Å². The first-order chi connectivity index (χ1) is 14.7. The Morgan fingerprint density at radius 3 is 2.39 bits per heavy atom. The number of aliphatic hydroxyl groups excluding tert-OH is 1. The number of benzene rings is 2. The van der Waals surface area contributed by atoms with Crippen molar-refractivity contribution in [3.8, 4) is 0 Å². The Morgan fingerprint density at radius 2 is 1.81 bits per heavy atom. The number of rotatable bonds is 7. The van der Waals surface area contributed by atoms with E-state index in [9.17, 15) is 13.6 Å². The van der Waals surface area contributed by atoms with Crippen molar-refractivity contribution in [2.75, 3.05) is 6.54 Å². The van der Waals surface area contributed by atoms with Gasteiger partial charge in [0.2, 0.25) is 5.96 Å². The summed E-state index contributed by atoms with van der Waals surface area (Å²) in [5.41, 5.74) is 7.24. The largest absolute Gasteiger partial charge is 0.392 e. The van der Waals surface area contributed by atoms with Crippen LogP contribution in [0.15, 0.2) is 59.4 Å². The zero-order valence-electron chi connectivity index (χ0n) is 17.2. The summed E-state index contributed by atoms with van der Waals surface area (Å²) in [5, 5.41) is 22.9. The Bertz CT molecular complexity index is 1000. The molecule has 7 nitrogen and oxygen atoms in total. The molecule has 0 spiro atoms. The quantitative estimate of drug-likeness (QED) is 0.342. The van der Waals surface area contributed by atoms with Gasteiger partial charge >= 0.3 is 0 Å². The van der Waals surface area contributed by atoms with Crippen LogP contribution in [0.1, 0.15) is 35.3 Å². The van der Waals surface area contributed by atoms with E-state index in [-0.39, 0.29) is 35.6 Å². The number of hydrogen-bond donors (Lipinski definition) is 5. The first-order valence-corrected chi connectivity index (χ1v) is 9.54. The van der Waals surface area contributed by atoms with Crippen LogP contribution < -0.4 is 16.4 Å². The second-order valence-corrected chi connectivity index (χ2v) is 7.16. The van der Waals surface area contributed by atoms with E-state index in [1.165, 1.54) is 6.08 Å². The minimum atomic E-state index is -1.15. The molecule has 0 fully saturated rings. The normalized spacial score (nSPS) is 12.1. The van der Waals surface area contributed by atoms with Gasteiger partial charge in [-0.15, -0.1) is 0 Å².